The number of carbonyl (C=O) groups excluding carboxylic acids is 1. The molecule has 0 unspecified atom stereocenters. The van der Waals surface area contributed by atoms with E-state index in [1.54, 1.807) is 0 Å². The monoisotopic (exact) mass is 326 g/mol. The Labute approximate surface area is 155 Å². The van der Waals surface area contributed by atoms with Crippen LogP contribution in [0, 0.1) is 0 Å². The van der Waals surface area contributed by atoms with E-state index in [-0.39, 0.29) is 46.0 Å². The van der Waals surface area contributed by atoms with Gasteiger partial charge in [-0.3, -0.25) is 14.4 Å². The summed E-state index contributed by atoms with van der Waals surface area (Å²) in [6.07, 6.45) is 1.81. The van der Waals surface area contributed by atoms with E-state index in [2.05, 4.69) is 10.6 Å². The van der Waals surface area contributed by atoms with Gasteiger partial charge in [-0.15, -0.1) is 0 Å². The quantitative estimate of drug-likeness (QED) is 0.278. The van der Waals surface area contributed by atoms with Gasteiger partial charge in [-0.2, -0.15) is 0 Å². The van der Waals surface area contributed by atoms with Crippen molar-refractivity contribution in [2.75, 3.05) is 17.2 Å². The first kappa shape index (κ1) is 18.8. The van der Waals surface area contributed by atoms with Crippen LogP contribution < -0.4 is 51.0 Å². The first-order valence-corrected chi connectivity index (χ1v) is 7.09. The SMILES string of the molecule is O=C(CCCCNc1c([S-])c(=O)c1=O)Nc1ccccc1.[Na+]. The number of benzene rings is 1. The van der Waals surface area contributed by atoms with Crippen LogP contribution in [0.4, 0.5) is 11.4 Å². The largest absolute Gasteiger partial charge is 1.00 e. The number of unbranched alkanes of at least 4 members (excludes halogenated alkanes) is 1. The summed E-state index contributed by atoms with van der Waals surface area (Å²) in [6.45, 7) is 0.521. The van der Waals surface area contributed by atoms with Gasteiger partial charge >= 0.3 is 29.6 Å². The predicted octanol–water partition coefficient (Wildman–Crippen LogP) is -1.59. The Balaban J connectivity index is 0.00000242. The standard InChI is InChI=1S/C15H16N2O3S.Na/c18-11(17-10-6-2-1-3-7-10)8-4-5-9-16-12-13(19)14(20)15(12)21;/h1-3,6-7,16,21H,4-5,8-9H2,(H,17,18);/q;+1/p-1. The van der Waals surface area contributed by atoms with Gasteiger partial charge in [0.1, 0.15) is 0 Å². The third-order valence-electron chi connectivity index (χ3n) is 3.06. The molecular weight excluding hydrogens is 311 g/mol. The maximum atomic E-state index is 11.7. The second-order valence-electron chi connectivity index (χ2n) is 4.66. The number of rotatable bonds is 7. The molecule has 110 valence electrons. The first-order chi connectivity index (χ1) is 10.1. The van der Waals surface area contributed by atoms with Crippen molar-refractivity contribution < 1.29 is 34.4 Å². The molecule has 0 saturated heterocycles. The second-order valence-corrected chi connectivity index (χ2v) is 5.07. The molecule has 22 heavy (non-hydrogen) atoms. The second kappa shape index (κ2) is 9.05. The molecule has 7 heteroatoms. The number of nitrogens with one attached hydrogen (secondary N) is 2. The summed E-state index contributed by atoms with van der Waals surface area (Å²) in [5.74, 6) is -0.0423. The summed E-state index contributed by atoms with van der Waals surface area (Å²) in [7, 11) is 0. The van der Waals surface area contributed by atoms with Crippen molar-refractivity contribution in [2.45, 2.75) is 24.2 Å². The Morgan fingerprint density at radius 1 is 1.05 bits per heavy atom. The molecule has 0 fully saturated rings. The summed E-state index contributed by atoms with van der Waals surface area (Å²) in [6, 6.07) is 9.26. The number of carbonyl (C=O) groups is 1. The molecule has 0 atom stereocenters. The molecule has 0 heterocycles. The van der Waals surface area contributed by atoms with Crippen LogP contribution in [0.1, 0.15) is 19.3 Å². The molecule has 0 saturated carbocycles. The Kier molecular flexibility index (Phi) is 7.75. The number of hydrogen-bond donors (Lipinski definition) is 2. The van der Waals surface area contributed by atoms with Crippen molar-refractivity contribution in [3.8, 4) is 0 Å². The minimum atomic E-state index is -0.588. The third kappa shape index (κ3) is 4.91. The molecule has 0 aliphatic heterocycles. The zero-order chi connectivity index (χ0) is 15.2. The van der Waals surface area contributed by atoms with E-state index in [0.717, 1.165) is 12.1 Å². The Hall–Kier alpha value is -1.21. The molecule has 0 spiro atoms. The van der Waals surface area contributed by atoms with Crippen molar-refractivity contribution in [1.82, 2.24) is 0 Å². The van der Waals surface area contributed by atoms with Gasteiger partial charge in [0.05, 0.1) is 5.69 Å². The predicted molar refractivity (Wildman–Crippen MR) is 84.4 cm³/mol. The van der Waals surface area contributed by atoms with Crippen LogP contribution in [0.3, 0.4) is 0 Å². The molecule has 0 bridgehead atoms. The number of anilines is 2. The zero-order valence-electron chi connectivity index (χ0n) is 12.3. The third-order valence-corrected chi connectivity index (χ3v) is 3.45. The van der Waals surface area contributed by atoms with Gasteiger partial charge in [-0.1, -0.05) is 23.1 Å². The van der Waals surface area contributed by atoms with Crippen molar-refractivity contribution in [1.29, 1.82) is 0 Å². The molecule has 1 amide bonds. The fourth-order valence-corrected chi connectivity index (χ4v) is 2.16. The minimum absolute atomic E-state index is 0. The topological polar surface area (TPSA) is 75.3 Å². The van der Waals surface area contributed by atoms with Gasteiger partial charge in [0.15, 0.2) is 0 Å². The number of para-hydroxylation sites is 1. The zero-order valence-corrected chi connectivity index (χ0v) is 15.2. The van der Waals surface area contributed by atoms with Gasteiger partial charge in [-0.25, -0.2) is 0 Å². The Morgan fingerprint density at radius 3 is 2.36 bits per heavy atom. The van der Waals surface area contributed by atoms with Gasteiger partial charge in [0.25, 0.3) is 0 Å². The Bertz CT molecular complexity index is 696. The summed E-state index contributed by atoms with van der Waals surface area (Å²) >= 11 is 4.76. The molecule has 2 aromatic rings. The van der Waals surface area contributed by atoms with E-state index >= 15 is 0 Å². The van der Waals surface area contributed by atoms with Crippen molar-refractivity contribution in [3.63, 3.8) is 0 Å². The van der Waals surface area contributed by atoms with E-state index in [0.29, 0.717) is 19.4 Å². The fourth-order valence-electron chi connectivity index (χ4n) is 1.90. The number of hydrogen-bond acceptors (Lipinski definition) is 5. The summed E-state index contributed by atoms with van der Waals surface area (Å²) < 4.78 is 0. The van der Waals surface area contributed by atoms with Crippen LogP contribution in [0.25, 0.3) is 0 Å². The average Bonchev–Trinajstić information content (AvgIpc) is 2.50. The molecule has 2 rings (SSSR count). The van der Waals surface area contributed by atoms with Gasteiger partial charge in [-0.05, 0) is 25.0 Å². The summed E-state index contributed by atoms with van der Waals surface area (Å²) in [5.41, 5.74) is -0.111. The van der Waals surface area contributed by atoms with E-state index in [4.69, 9.17) is 12.6 Å². The van der Waals surface area contributed by atoms with E-state index in [1.165, 1.54) is 0 Å². The van der Waals surface area contributed by atoms with Gasteiger partial charge in [0, 0.05) is 18.7 Å². The molecule has 0 aliphatic rings. The van der Waals surface area contributed by atoms with Crippen LogP contribution in [0.15, 0.2) is 44.8 Å². The minimum Gasteiger partial charge on any atom is -0.774 e. The van der Waals surface area contributed by atoms with Crippen LogP contribution >= 0.6 is 0 Å². The average molecular weight is 326 g/mol. The van der Waals surface area contributed by atoms with Gasteiger partial charge < -0.3 is 23.3 Å². The summed E-state index contributed by atoms with van der Waals surface area (Å²) in [5, 5.41) is 5.65. The normalized spacial score (nSPS) is 10.0. The van der Waals surface area contributed by atoms with Crippen LogP contribution in [0.5, 0.6) is 0 Å². The molecular formula is C15H15N2NaO3S. The smallest absolute Gasteiger partial charge is 0.774 e. The summed E-state index contributed by atoms with van der Waals surface area (Å²) in [4.78, 5) is 33.8. The van der Waals surface area contributed by atoms with E-state index in [1.807, 2.05) is 30.3 Å². The van der Waals surface area contributed by atoms with E-state index < -0.39 is 10.9 Å². The molecule has 5 nitrogen and oxygen atoms in total. The fraction of sp³-hybridized carbons (Fsp3) is 0.267. The Morgan fingerprint density at radius 2 is 1.73 bits per heavy atom. The molecule has 2 N–H and O–H groups in total. The maximum Gasteiger partial charge on any atom is 1.00 e. The van der Waals surface area contributed by atoms with Crippen LogP contribution in [-0.2, 0) is 17.4 Å². The van der Waals surface area contributed by atoms with Crippen molar-refractivity contribution >= 4 is 29.9 Å². The van der Waals surface area contributed by atoms with E-state index in [9.17, 15) is 14.4 Å². The molecule has 0 radical (unpaired) electrons. The van der Waals surface area contributed by atoms with Gasteiger partial charge in [0.2, 0.25) is 16.8 Å². The maximum absolute atomic E-state index is 11.7. The van der Waals surface area contributed by atoms with Crippen molar-refractivity contribution in [2.24, 2.45) is 0 Å². The van der Waals surface area contributed by atoms with Crippen LogP contribution in [-0.4, -0.2) is 12.5 Å². The molecule has 2 aromatic carbocycles. The molecule has 0 aromatic heterocycles. The first-order valence-electron chi connectivity index (χ1n) is 6.68. The van der Waals surface area contributed by atoms with Crippen molar-refractivity contribution in [3.05, 3.63) is 50.8 Å². The molecule has 0 aliphatic carbocycles. The van der Waals surface area contributed by atoms with Crippen LogP contribution in [0.2, 0.25) is 0 Å². The number of amides is 1.